The number of nitro groups is 1. The number of hydrogen-bond acceptors (Lipinski definition) is 5. The highest BCUT2D eigenvalue weighted by Gasteiger charge is 2.16. The van der Waals surface area contributed by atoms with E-state index in [0.717, 1.165) is 31.9 Å². The number of anilines is 2. The van der Waals surface area contributed by atoms with Gasteiger partial charge in [0, 0.05) is 49.7 Å². The van der Waals surface area contributed by atoms with Crippen LogP contribution in [0, 0.1) is 10.1 Å². The maximum Gasteiger partial charge on any atom is 0.270 e. The molecular formula is C17H19Cl3N4O3. The number of carbonyl (C=O) groups is 1. The van der Waals surface area contributed by atoms with E-state index in [1.807, 2.05) is 12.1 Å². The van der Waals surface area contributed by atoms with Gasteiger partial charge in [-0.2, -0.15) is 0 Å². The first kappa shape index (κ1) is 23.0. The zero-order valence-corrected chi connectivity index (χ0v) is 16.6. The molecule has 0 spiro atoms. The molecule has 2 N–H and O–H groups in total. The van der Waals surface area contributed by atoms with Crippen molar-refractivity contribution < 1.29 is 9.72 Å². The summed E-state index contributed by atoms with van der Waals surface area (Å²) in [6, 6.07) is 11.3. The molecule has 1 saturated heterocycles. The van der Waals surface area contributed by atoms with Gasteiger partial charge in [-0.1, -0.05) is 11.6 Å². The molecule has 1 fully saturated rings. The Labute approximate surface area is 174 Å². The maximum absolute atomic E-state index is 12.4. The number of non-ortho nitro benzene ring substituents is 1. The monoisotopic (exact) mass is 432 g/mol. The third-order valence-electron chi connectivity index (χ3n) is 4.01. The molecule has 146 valence electrons. The summed E-state index contributed by atoms with van der Waals surface area (Å²) in [4.78, 5) is 24.9. The molecule has 27 heavy (non-hydrogen) atoms. The molecular weight excluding hydrogens is 415 g/mol. The molecule has 0 unspecified atom stereocenters. The molecule has 0 aromatic heterocycles. The minimum Gasteiger partial charge on any atom is -0.369 e. The van der Waals surface area contributed by atoms with Gasteiger partial charge in [-0.15, -0.1) is 24.8 Å². The number of halogens is 3. The number of amides is 1. The van der Waals surface area contributed by atoms with Crippen LogP contribution in [-0.2, 0) is 0 Å². The van der Waals surface area contributed by atoms with E-state index in [4.69, 9.17) is 11.6 Å². The third kappa shape index (κ3) is 5.71. The van der Waals surface area contributed by atoms with Crippen LogP contribution in [0.2, 0.25) is 5.02 Å². The van der Waals surface area contributed by atoms with E-state index in [9.17, 15) is 14.9 Å². The van der Waals surface area contributed by atoms with Crippen molar-refractivity contribution in [2.75, 3.05) is 36.4 Å². The van der Waals surface area contributed by atoms with Crippen molar-refractivity contribution >= 4 is 59.4 Å². The summed E-state index contributed by atoms with van der Waals surface area (Å²) >= 11 is 5.99. The Morgan fingerprint density at radius 2 is 1.74 bits per heavy atom. The summed E-state index contributed by atoms with van der Waals surface area (Å²) in [5, 5.41) is 17.0. The Morgan fingerprint density at radius 1 is 1.11 bits per heavy atom. The normalized spacial score (nSPS) is 13.1. The van der Waals surface area contributed by atoms with Gasteiger partial charge in [0.25, 0.3) is 11.6 Å². The van der Waals surface area contributed by atoms with Crippen LogP contribution < -0.4 is 15.5 Å². The van der Waals surface area contributed by atoms with Gasteiger partial charge in [-0.3, -0.25) is 14.9 Å². The van der Waals surface area contributed by atoms with E-state index in [-0.39, 0.29) is 41.1 Å². The molecule has 1 aliphatic rings. The lowest BCUT2D eigenvalue weighted by Gasteiger charge is -2.29. The number of hydrogen-bond donors (Lipinski definition) is 2. The van der Waals surface area contributed by atoms with Gasteiger partial charge in [-0.05, 0) is 30.3 Å². The lowest BCUT2D eigenvalue weighted by molar-refractivity contribution is -0.384. The standard InChI is InChI=1S/C17H17ClN4O3.2ClH/c18-16-6-5-14(22(24)25)11-15(16)17(23)20-12-1-3-13(4-2-12)21-9-7-19-8-10-21;;/h1-6,11,19H,7-10H2,(H,20,23);2*1H. The molecule has 0 saturated carbocycles. The van der Waals surface area contributed by atoms with Crippen LogP contribution in [0.3, 0.4) is 0 Å². The molecule has 0 bridgehead atoms. The molecule has 7 nitrogen and oxygen atoms in total. The van der Waals surface area contributed by atoms with Crippen LogP contribution in [-0.4, -0.2) is 37.0 Å². The number of piperazine rings is 1. The fourth-order valence-corrected chi connectivity index (χ4v) is 2.88. The second-order valence-electron chi connectivity index (χ2n) is 5.66. The fourth-order valence-electron chi connectivity index (χ4n) is 2.68. The van der Waals surface area contributed by atoms with Gasteiger partial charge < -0.3 is 15.5 Å². The summed E-state index contributed by atoms with van der Waals surface area (Å²) in [7, 11) is 0. The first-order valence-electron chi connectivity index (χ1n) is 7.85. The maximum atomic E-state index is 12.4. The van der Waals surface area contributed by atoms with E-state index in [0.29, 0.717) is 5.69 Å². The largest absolute Gasteiger partial charge is 0.369 e. The van der Waals surface area contributed by atoms with Crippen LogP contribution >= 0.6 is 36.4 Å². The molecule has 1 heterocycles. The van der Waals surface area contributed by atoms with Gasteiger partial charge in [0.2, 0.25) is 0 Å². The van der Waals surface area contributed by atoms with Crippen molar-refractivity contribution in [2.45, 2.75) is 0 Å². The summed E-state index contributed by atoms with van der Waals surface area (Å²) in [5.74, 6) is -0.483. The molecule has 0 radical (unpaired) electrons. The van der Waals surface area contributed by atoms with Crippen molar-refractivity contribution in [3.05, 3.63) is 63.2 Å². The smallest absolute Gasteiger partial charge is 0.270 e. The van der Waals surface area contributed by atoms with E-state index in [1.165, 1.54) is 18.2 Å². The third-order valence-corrected chi connectivity index (χ3v) is 4.34. The molecule has 0 aliphatic carbocycles. The summed E-state index contributed by atoms with van der Waals surface area (Å²) in [6.07, 6.45) is 0. The molecule has 3 rings (SSSR count). The minimum atomic E-state index is -0.560. The van der Waals surface area contributed by atoms with Crippen LogP contribution in [0.25, 0.3) is 0 Å². The molecule has 1 amide bonds. The van der Waals surface area contributed by atoms with E-state index < -0.39 is 10.8 Å². The van der Waals surface area contributed by atoms with E-state index in [2.05, 4.69) is 15.5 Å². The van der Waals surface area contributed by atoms with Gasteiger partial charge in [-0.25, -0.2) is 0 Å². The van der Waals surface area contributed by atoms with Crippen molar-refractivity contribution in [3.63, 3.8) is 0 Å². The lowest BCUT2D eigenvalue weighted by atomic mass is 10.1. The van der Waals surface area contributed by atoms with Crippen molar-refractivity contribution in [3.8, 4) is 0 Å². The fraction of sp³-hybridized carbons (Fsp3) is 0.235. The molecule has 2 aromatic carbocycles. The van der Waals surface area contributed by atoms with Crippen LogP contribution in [0.15, 0.2) is 42.5 Å². The average Bonchev–Trinajstić information content (AvgIpc) is 2.63. The zero-order chi connectivity index (χ0) is 17.8. The summed E-state index contributed by atoms with van der Waals surface area (Å²) in [6.45, 7) is 3.78. The van der Waals surface area contributed by atoms with Crippen LogP contribution in [0.5, 0.6) is 0 Å². The second-order valence-corrected chi connectivity index (χ2v) is 6.07. The Balaban J connectivity index is 0.00000182. The number of carbonyl (C=O) groups excluding carboxylic acids is 1. The quantitative estimate of drug-likeness (QED) is 0.566. The number of nitro benzene ring substituents is 1. The first-order valence-corrected chi connectivity index (χ1v) is 8.23. The SMILES string of the molecule is Cl.Cl.O=C(Nc1ccc(N2CCNCC2)cc1)c1cc([N+](=O)[O-])ccc1Cl. The van der Waals surface area contributed by atoms with Gasteiger partial charge in [0.15, 0.2) is 0 Å². The summed E-state index contributed by atoms with van der Waals surface area (Å²) < 4.78 is 0. The molecule has 1 aliphatic heterocycles. The Morgan fingerprint density at radius 3 is 2.33 bits per heavy atom. The predicted molar refractivity (Wildman–Crippen MR) is 112 cm³/mol. The predicted octanol–water partition coefficient (Wildman–Crippen LogP) is 3.75. The van der Waals surface area contributed by atoms with Crippen LogP contribution in [0.4, 0.5) is 17.1 Å². The summed E-state index contributed by atoms with van der Waals surface area (Å²) in [5.41, 5.74) is 1.59. The van der Waals surface area contributed by atoms with Gasteiger partial charge >= 0.3 is 0 Å². The van der Waals surface area contributed by atoms with E-state index in [1.54, 1.807) is 12.1 Å². The Hall–Kier alpha value is -2.06. The van der Waals surface area contributed by atoms with Crippen LogP contribution in [0.1, 0.15) is 10.4 Å². The number of rotatable bonds is 4. The number of nitrogens with one attached hydrogen (secondary N) is 2. The molecule has 0 atom stereocenters. The lowest BCUT2D eigenvalue weighted by Crippen LogP contribution is -2.43. The average molecular weight is 434 g/mol. The zero-order valence-electron chi connectivity index (χ0n) is 14.2. The number of benzene rings is 2. The van der Waals surface area contributed by atoms with Gasteiger partial charge in [0.05, 0.1) is 15.5 Å². The minimum absolute atomic E-state index is 0. The molecule has 2 aromatic rings. The topological polar surface area (TPSA) is 87.5 Å². The van der Waals surface area contributed by atoms with Crippen molar-refractivity contribution in [2.24, 2.45) is 0 Å². The van der Waals surface area contributed by atoms with Gasteiger partial charge in [0.1, 0.15) is 0 Å². The highest BCUT2D eigenvalue weighted by molar-refractivity contribution is 6.34. The van der Waals surface area contributed by atoms with Crippen molar-refractivity contribution in [1.29, 1.82) is 0 Å². The Kier molecular flexibility index (Phi) is 8.78. The van der Waals surface area contributed by atoms with Crippen molar-refractivity contribution in [1.82, 2.24) is 5.32 Å². The highest BCUT2D eigenvalue weighted by atomic mass is 35.5. The first-order chi connectivity index (χ1) is 12.0. The Bertz CT molecular complexity index is 797. The van der Waals surface area contributed by atoms with E-state index >= 15 is 0 Å². The highest BCUT2D eigenvalue weighted by Crippen LogP contribution is 2.24. The molecule has 10 heteroatoms. The number of nitrogens with zero attached hydrogens (tertiary/aromatic N) is 2. The second kappa shape index (κ2) is 10.3.